The fourth-order valence-electron chi connectivity index (χ4n) is 2.98. The zero-order valence-electron chi connectivity index (χ0n) is 15.9. The number of H-pyrrole nitrogens is 1. The largest absolute Gasteiger partial charge is 0.357 e. The summed E-state index contributed by atoms with van der Waals surface area (Å²) in [6.07, 6.45) is 0.557. The molecule has 2 aromatic carbocycles. The molecule has 1 unspecified atom stereocenters. The maximum absolute atomic E-state index is 12.5. The highest BCUT2D eigenvalue weighted by Crippen LogP contribution is 2.30. The molecule has 1 aromatic heterocycles. The lowest BCUT2D eigenvalue weighted by Crippen LogP contribution is -2.30. The Kier molecular flexibility index (Phi) is 6.46. The van der Waals surface area contributed by atoms with Crippen molar-refractivity contribution in [1.82, 2.24) is 10.3 Å². The van der Waals surface area contributed by atoms with Gasteiger partial charge in [-0.1, -0.05) is 37.3 Å². The van der Waals surface area contributed by atoms with E-state index in [2.05, 4.69) is 10.3 Å². The van der Waals surface area contributed by atoms with Crippen molar-refractivity contribution < 1.29 is 13.2 Å². The molecule has 2 N–H and O–H groups in total. The van der Waals surface area contributed by atoms with Crippen LogP contribution < -0.4 is 5.32 Å². The van der Waals surface area contributed by atoms with Gasteiger partial charge in [-0.05, 0) is 43.0 Å². The van der Waals surface area contributed by atoms with E-state index in [4.69, 9.17) is 0 Å². The lowest BCUT2D eigenvalue weighted by molar-refractivity contribution is -0.120. The molecule has 0 spiro atoms. The first-order chi connectivity index (χ1) is 13.4. The number of benzene rings is 2. The minimum atomic E-state index is -3.34. The van der Waals surface area contributed by atoms with Crippen LogP contribution in [0.5, 0.6) is 0 Å². The van der Waals surface area contributed by atoms with E-state index in [1.807, 2.05) is 37.3 Å². The Labute approximate surface area is 169 Å². The number of sulfone groups is 1. The molecule has 0 saturated carbocycles. The van der Waals surface area contributed by atoms with Crippen LogP contribution in [0, 0.1) is 0 Å². The van der Waals surface area contributed by atoms with Gasteiger partial charge in [0.25, 0.3) is 0 Å². The van der Waals surface area contributed by atoms with Gasteiger partial charge in [-0.2, -0.15) is 0 Å². The van der Waals surface area contributed by atoms with Gasteiger partial charge in [-0.15, -0.1) is 11.8 Å². The van der Waals surface area contributed by atoms with Gasteiger partial charge in [-0.3, -0.25) is 4.79 Å². The van der Waals surface area contributed by atoms with Crippen molar-refractivity contribution in [3.63, 3.8) is 0 Å². The van der Waals surface area contributed by atoms with E-state index in [0.29, 0.717) is 22.8 Å². The molecule has 0 saturated heterocycles. The van der Waals surface area contributed by atoms with Gasteiger partial charge in [0.15, 0.2) is 9.84 Å². The molecule has 0 aliphatic rings. The van der Waals surface area contributed by atoms with Crippen molar-refractivity contribution in [2.24, 2.45) is 0 Å². The number of amides is 1. The Bertz CT molecular complexity index is 1040. The molecule has 3 aromatic rings. The third-order valence-electron chi connectivity index (χ3n) is 4.37. The highest BCUT2D eigenvalue weighted by molar-refractivity contribution is 8.01. The molecular weight excluding hydrogens is 392 g/mol. The number of para-hydroxylation sites is 1. The Balaban J connectivity index is 1.66. The van der Waals surface area contributed by atoms with Crippen molar-refractivity contribution in [3.05, 3.63) is 60.3 Å². The van der Waals surface area contributed by atoms with Crippen molar-refractivity contribution in [1.29, 1.82) is 0 Å². The molecule has 148 valence electrons. The van der Waals surface area contributed by atoms with E-state index in [1.54, 1.807) is 31.2 Å². The number of fused-ring (bicyclic) bond motifs is 1. The SMILES string of the molecule is CCCS(=O)(=O)c1ccccc1SC(C)C(=O)NCc1cc2ccccc2[nH]1. The summed E-state index contributed by atoms with van der Waals surface area (Å²) in [5, 5.41) is 3.61. The number of carbonyl (C=O) groups is 1. The lowest BCUT2D eigenvalue weighted by Gasteiger charge is -2.14. The lowest BCUT2D eigenvalue weighted by atomic mass is 10.2. The molecule has 1 atom stereocenters. The zero-order valence-corrected chi connectivity index (χ0v) is 17.6. The number of hydrogen-bond acceptors (Lipinski definition) is 4. The van der Waals surface area contributed by atoms with E-state index >= 15 is 0 Å². The number of thioether (sulfide) groups is 1. The summed E-state index contributed by atoms with van der Waals surface area (Å²) in [4.78, 5) is 16.7. The maximum Gasteiger partial charge on any atom is 0.233 e. The second-order valence-corrected chi connectivity index (χ2v) is 10.1. The van der Waals surface area contributed by atoms with Gasteiger partial charge in [0.05, 0.1) is 22.4 Å². The molecule has 0 radical (unpaired) electrons. The summed E-state index contributed by atoms with van der Waals surface area (Å²) >= 11 is 1.27. The van der Waals surface area contributed by atoms with Crippen LogP contribution >= 0.6 is 11.8 Å². The van der Waals surface area contributed by atoms with E-state index < -0.39 is 15.1 Å². The summed E-state index contributed by atoms with van der Waals surface area (Å²) in [6, 6.07) is 16.8. The Morgan fingerprint density at radius 1 is 1.14 bits per heavy atom. The molecule has 0 aliphatic carbocycles. The number of rotatable bonds is 8. The van der Waals surface area contributed by atoms with Crippen LogP contribution in [0.2, 0.25) is 0 Å². The van der Waals surface area contributed by atoms with Gasteiger partial charge in [-0.25, -0.2) is 8.42 Å². The standard InChI is InChI=1S/C21H24N2O3S2/c1-3-12-28(25,26)20-11-7-6-10-19(20)27-15(2)21(24)22-14-17-13-16-8-4-5-9-18(16)23-17/h4-11,13,15,23H,3,12,14H2,1-2H3,(H,22,24). The second kappa shape index (κ2) is 8.84. The van der Waals surface area contributed by atoms with E-state index in [1.165, 1.54) is 11.8 Å². The summed E-state index contributed by atoms with van der Waals surface area (Å²) in [7, 11) is -3.34. The van der Waals surface area contributed by atoms with Crippen LogP contribution in [0.25, 0.3) is 10.9 Å². The van der Waals surface area contributed by atoms with Gasteiger partial charge >= 0.3 is 0 Å². The molecule has 28 heavy (non-hydrogen) atoms. The highest BCUT2D eigenvalue weighted by Gasteiger charge is 2.21. The third-order valence-corrected chi connectivity index (χ3v) is 7.65. The van der Waals surface area contributed by atoms with Crippen LogP contribution in [0.4, 0.5) is 0 Å². The number of hydrogen-bond donors (Lipinski definition) is 2. The van der Waals surface area contributed by atoms with Crippen molar-refractivity contribution in [2.75, 3.05) is 5.75 Å². The second-order valence-electron chi connectivity index (χ2n) is 6.63. The topological polar surface area (TPSA) is 79.0 Å². The first kappa shape index (κ1) is 20.5. The van der Waals surface area contributed by atoms with Crippen LogP contribution in [-0.4, -0.2) is 30.3 Å². The van der Waals surface area contributed by atoms with E-state index in [0.717, 1.165) is 16.6 Å². The molecule has 0 bridgehead atoms. The fraction of sp³-hybridized carbons (Fsp3) is 0.286. The smallest absolute Gasteiger partial charge is 0.233 e. The highest BCUT2D eigenvalue weighted by atomic mass is 32.2. The maximum atomic E-state index is 12.5. The van der Waals surface area contributed by atoms with Crippen LogP contribution in [-0.2, 0) is 21.2 Å². The van der Waals surface area contributed by atoms with Crippen LogP contribution in [0.1, 0.15) is 26.0 Å². The summed E-state index contributed by atoms with van der Waals surface area (Å²) in [5.41, 5.74) is 1.96. The molecule has 7 heteroatoms. The molecule has 1 amide bonds. The van der Waals surface area contributed by atoms with Crippen molar-refractivity contribution >= 4 is 38.4 Å². The Hall–Kier alpha value is -2.25. The van der Waals surface area contributed by atoms with Crippen LogP contribution in [0.15, 0.2) is 64.4 Å². The Morgan fingerprint density at radius 2 is 1.86 bits per heavy atom. The average molecular weight is 417 g/mol. The van der Waals surface area contributed by atoms with Gasteiger partial charge in [0, 0.05) is 16.1 Å². The minimum absolute atomic E-state index is 0.103. The molecule has 3 rings (SSSR count). The fourth-order valence-corrected chi connectivity index (χ4v) is 5.84. The summed E-state index contributed by atoms with van der Waals surface area (Å²) in [5.74, 6) is -0.0303. The number of carbonyl (C=O) groups excluding carboxylic acids is 1. The molecule has 5 nitrogen and oxygen atoms in total. The number of aromatic nitrogens is 1. The van der Waals surface area contributed by atoms with Crippen LogP contribution in [0.3, 0.4) is 0 Å². The average Bonchev–Trinajstić information content (AvgIpc) is 3.09. The first-order valence-electron chi connectivity index (χ1n) is 9.23. The number of nitrogens with one attached hydrogen (secondary N) is 2. The predicted molar refractivity (Wildman–Crippen MR) is 114 cm³/mol. The molecule has 0 aliphatic heterocycles. The first-order valence-corrected chi connectivity index (χ1v) is 11.8. The monoisotopic (exact) mass is 416 g/mol. The van der Waals surface area contributed by atoms with Crippen molar-refractivity contribution in [2.45, 2.75) is 41.9 Å². The minimum Gasteiger partial charge on any atom is -0.357 e. The summed E-state index contributed by atoms with van der Waals surface area (Å²) < 4.78 is 25.0. The van der Waals surface area contributed by atoms with Gasteiger partial charge in [0.2, 0.25) is 5.91 Å². The van der Waals surface area contributed by atoms with Gasteiger partial charge in [0.1, 0.15) is 0 Å². The van der Waals surface area contributed by atoms with E-state index in [9.17, 15) is 13.2 Å². The predicted octanol–water partition coefficient (Wildman–Crippen LogP) is 4.15. The normalized spacial score (nSPS) is 12.8. The van der Waals surface area contributed by atoms with E-state index in [-0.39, 0.29) is 11.7 Å². The molecule has 0 fully saturated rings. The van der Waals surface area contributed by atoms with Crippen molar-refractivity contribution in [3.8, 4) is 0 Å². The number of aromatic amines is 1. The zero-order chi connectivity index (χ0) is 20.1. The van der Waals surface area contributed by atoms with Gasteiger partial charge < -0.3 is 10.3 Å². The quantitative estimate of drug-likeness (QED) is 0.541. The molecule has 1 heterocycles. The summed E-state index contributed by atoms with van der Waals surface area (Å²) in [6.45, 7) is 4.02. The Morgan fingerprint density at radius 3 is 2.61 bits per heavy atom. The molecular formula is C21H24N2O3S2. The third kappa shape index (κ3) is 4.77.